The number of thioether (sulfide) groups is 1. The maximum Gasteiger partial charge on any atom is 0.212 e. The van der Waals surface area contributed by atoms with E-state index in [0.29, 0.717) is 17.6 Å². The summed E-state index contributed by atoms with van der Waals surface area (Å²) in [4.78, 5) is 0. The van der Waals surface area contributed by atoms with Gasteiger partial charge in [-0.05, 0) is 30.0 Å². The monoisotopic (exact) mass is 478 g/mol. The first-order valence-electron chi connectivity index (χ1n) is 9.30. The van der Waals surface area contributed by atoms with Gasteiger partial charge < -0.3 is 4.74 Å². The van der Waals surface area contributed by atoms with Crippen molar-refractivity contribution in [2.45, 2.75) is 11.8 Å². The van der Waals surface area contributed by atoms with Crippen LogP contribution < -0.4 is 4.74 Å². The molecule has 0 fully saturated rings. The van der Waals surface area contributed by atoms with Gasteiger partial charge in [0.15, 0.2) is 5.82 Å². The maximum absolute atomic E-state index is 6.06. The Balaban J connectivity index is 1.64. The normalized spacial score (nSPS) is 11.1. The van der Waals surface area contributed by atoms with E-state index < -0.39 is 0 Å². The first-order chi connectivity index (χ1) is 14.7. The van der Waals surface area contributed by atoms with Crippen LogP contribution >= 0.6 is 27.7 Å². The molecule has 0 radical (unpaired) electrons. The number of aromatic nitrogens is 3. The molecule has 0 N–H and O–H groups in total. The third-order valence-electron chi connectivity index (χ3n) is 4.35. The summed E-state index contributed by atoms with van der Waals surface area (Å²) < 4.78 is 8.77. The maximum atomic E-state index is 6.06. The van der Waals surface area contributed by atoms with Crippen molar-refractivity contribution in [2.24, 2.45) is 5.10 Å². The third-order valence-corrected chi connectivity index (χ3v) is 5.46. The molecule has 0 spiro atoms. The van der Waals surface area contributed by atoms with Gasteiger partial charge in [0.25, 0.3) is 0 Å². The largest absolute Gasteiger partial charge is 0.488 e. The molecule has 4 aromatic rings. The summed E-state index contributed by atoms with van der Waals surface area (Å²) >= 11 is 5.03. The number of hydrogen-bond donors (Lipinski definition) is 0. The molecule has 1 aromatic heterocycles. The number of hydrogen-bond acceptors (Lipinski definition) is 5. The van der Waals surface area contributed by atoms with Crippen LogP contribution in [0, 0.1) is 0 Å². The number of benzene rings is 3. The average molecular weight is 479 g/mol. The van der Waals surface area contributed by atoms with Gasteiger partial charge in [-0.3, -0.25) is 0 Å². The van der Waals surface area contributed by atoms with Gasteiger partial charge in [0, 0.05) is 15.6 Å². The lowest BCUT2D eigenvalue weighted by molar-refractivity contribution is 0.305. The molecule has 5 nitrogen and oxygen atoms in total. The number of rotatable bonds is 7. The molecule has 0 unspecified atom stereocenters. The minimum Gasteiger partial charge on any atom is -0.488 e. The highest BCUT2D eigenvalue weighted by Gasteiger charge is 2.13. The van der Waals surface area contributed by atoms with Crippen LogP contribution in [0.15, 0.2) is 93.6 Å². The van der Waals surface area contributed by atoms with Gasteiger partial charge in [0.05, 0.1) is 6.21 Å². The minimum absolute atomic E-state index is 0.487. The number of halogens is 1. The van der Waals surface area contributed by atoms with E-state index in [-0.39, 0.29) is 0 Å². The van der Waals surface area contributed by atoms with E-state index in [4.69, 9.17) is 4.74 Å². The van der Waals surface area contributed by atoms with Crippen molar-refractivity contribution < 1.29 is 4.74 Å². The first kappa shape index (κ1) is 20.4. The van der Waals surface area contributed by atoms with Gasteiger partial charge in [0.2, 0.25) is 5.16 Å². The van der Waals surface area contributed by atoms with Crippen molar-refractivity contribution in [1.29, 1.82) is 0 Å². The van der Waals surface area contributed by atoms with E-state index in [1.807, 2.05) is 85.1 Å². The Morgan fingerprint density at radius 3 is 2.47 bits per heavy atom. The van der Waals surface area contributed by atoms with Crippen molar-refractivity contribution in [3.8, 4) is 17.1 Å². The van der Waals surface area contributed by atoms with E-state index in [0.717, 1.165) is 26.9 Å². The molecule has 0 aliphatic rings. The molecule has 3 aromatic carbocycles. The predicted molar refractivity (Wildman–Crippen MR) is 125 cm³/mol. The SMILES string of the molecule is CSc1nnc(-c2ccccc2)n1/N=C/c1cc(Br)ccc1OCc1ccccc1. The Kier molecular flexibility index (Phi) is 6.61. The van der Waals surface area contributed by atoms with Crippen molar-refractivity contribution in [1.82, 2.24) is 14.9 Å². The fourth-order valence-corrected chi connectivity index (χ4v) is 3.68. The van der Waals surface area contributed by atoms with Crippen LogP contribution in [0.2, 0.25) is 0 Å². The van der Waals surface area contributed by atoms with Gasteiger partial charge >= 0.3 is 0 Å². The second-order valence-corrected chi connectivity index (χ2v) is 8.08. The Morgan fingerprint density at radius 2 is 1.73 bits per heavy atom. The van der Waals surface area contributed by atoms with Crippen LogP contribution in [0.5, 0.6) is 5.75 Å². The molecule has 4 rings (SSSR count). The highest BCUT2D eigenvalue weighted by atomic mass is 79.9. The molecule has 1 heterocycles. The lowest BCUT2D eigenvalue weighted by atomic mass is 10.2. The van der Waals surface area contributed by atoms with Crippen LogP contribution in [-0.4, -0.2) is 27.3 Å². The standard InChI is InChI=1S/C23H19BrN4OS/c1-30-23-27-26-22(18-10-6-3-7-11-18)28(23)25-15-19-14-20(24)12-13-21(19)29-16-17-8-4-2-5-9-17/h2-15H,16H2,1H3/b25-15+. The van der Waals surface area contributed by atoms with Crippen LogP contribution in [0.25, 0.3) is 11.4 Å². The summed E-state index contributed by atoms with van der Waals surface area (Å²) in [5, 5.41) is 14.0. The smallest absolute Gasteiger partial charge is 0.212 e. The quantitative estimate of drug-likeness (QED) is 0.245. The van der Waals surface area contributed by atoms with Gasteiger partial charge in [0.1, 0.15) is 12.4 Å². The Labute approximate surface area is 187 Å². The van der Waals surface area contributed by atoms with E-state index >= 15 is 0 Å². The summed E-state index contributed by atoms with van der Waals surface area (Å²) in [6.07, 6.45) is 3.74. The molecule has 150 valence electrons. The zero-order chi connectivity index (χ0) is 20.8. The van der Waals surface area contributed by atoms with Crippen molar-refractivity contribution >= 4 is 33.9 Å². The second kappa shape index (κ2) is 9.73. The van der Waals surface area contributed by atoms with Crippen LogP contribution in [0.4, 0.5) is 0 Å². The molecule has 0 aliphatic heterocycles. The zero-order valence-corrected chi connectivity index (χ0v) is 18.7. The van der Waals surface area contributed by atoms with Gasteiger partial charge in [-0.2, -0.15) is 9.78 Å². The van der Waals surface area contributed by atoms with Gasteiger partial charge in [-0.25, -0.2) is 0 Å². The molecule has 30 heavy (non-hydrogen) atoms. The van der Waals surface area contributed by atoms with E-state index in [9.17, 15) is 0 Å². The molecular weight excluding hydrogens is 460 g/mol. The van der Waals surface area contributed by atoms with Crippen molar-refractivity contribution in [3.05, 3.63) is 94.5 Å². The topological polar surface area (TPSA) is 52.3 Å². The molecule has 0 saturated carbocycles. The van der Waals surface area contributed by atoms with Crippen molar-refractivity contribution in [2.75, 3.05) is 6.26 Å². The molecule has 0 amide bonds. The van der Waals surface area contributed by atoms with Crippen molar-refractivity contribution in [3.63, 3.8) is 0 Å². The third kappa shape index (κ3) is 4.80. The average Bonchev–Trinajstić information content (AvgIpc) is 3.21. The summed E-state index contributed by atoms with van der Waals surface area (Å²) in [5.74, 6) is 1.45. The highest BCUT2D eigenvalue weighted by molar-refractivity contribution is 9.10. The van der Waals surface area contributed by atoms with Crippen LogP contribution in [-0.2, 0) is 6.61 Å². The number of ether oxygens (including phenoxy) is 1. The van der Waals surface area contributed by atoms with E-state index in [2.05, 4.69) is 31.2 Å². The molecule has 7 heteroatoms. The summed E-state index contributed by atoms with van der Waals surface area (Å²) in [7, 11) is 0. The Bertz CT molecular complexity index is 1150. The fourth-order valence-electron chi connectivity index (χ4n) is 2.87. The lowest BCUT2D eigenvalue weighted by Crippen LogP contribution is -2.00. The number of nitrogens with zero attached hydrogens (tertiary/aromatic N) is 4. The molecule has 0 bridgehead atoms. The fraction of sp³-hybridized carbons (Fsp3) is 0.0870. The predicted octanol–water partition coefficient (Wildman–Crippen LogP) is 5.89. The summed E-state index contributed by atoms with van der Waals surface area (Å²) in [6.45, 7) is 0.487. The van der Waals surface area contributed by atoms with Gasteiger partial charge in [-0.1, -0.05) is 88.4 Å². The Morgan fingerprint density at radius 1 is 1.00 bits per heavy atom. The highest BCUT2D eigenvalue weighted by Crippen LogP contribution is 2.25. The minimum atomic E-state index is 0.487. The second-order valence-electron chi connectivity index (χ2n) is 6.39. The Hall–Kier alpha value is -2.90. The van der Waals surface area contributed by atoms with Crippen LogP contribution in [0.3, 0.4) is 0 Å². The van der Waals surface area contributed by atoms with E-state index in [1.54, 1.807) is 10.9 Å². The summed E-state index contributed by atoms with van der Waals surface area (Å²) in [6, 6.07) is 25.9. The zero-order valence-electron chi connectivity index (χ0n) is 16.3. The lowest BCUT2D eigenvalue weighted by Gasteiger charge is -2.10. The first-order valence-corrected chi connectivity index (χ1v) is 11.3. The molecule has 0 atom stereocenters. The van der Waals surface area contributed by atoms with Crippen LogP contribution in [0.1, 0.15) is 11.1 Å². The van der Waals surface area contributed by atoms with Gasteiger partial charge in [-0.15, -0.1) is 10.2 Å². The molecule has 0 saturated heterocycles. The van der Waals surface area contributed by atoms with E-state index in [1.165, 1.54) is 11.8 Å². The summed E-state index contributed by atoms with van der Waals surface area (Å²) in [5.41, 5.74) is 2.93. The molecule has 0 aliphatic carbocycles. The molecular formula is C23H19BrN4OS.